The minimum Gasteiger partial charge on any atom is -0.483 e. The molecule has 0 aliphatic rings. The maximum Gasteiger partial charge on any atom is 0.153 e. The summed E-state index contributed by atoms with van der Waals surface area (Å²) in [6, 6.07) is 17.7. The molecule has 1 N–H and O–H groups in total. The summed E-state index contributed by atoms with van der Waals surface area (Å²) in [5, 5.41) is 10.3. The monoisotopic (exact) mass is 310 g/mol. The summed E-state index contributed by atoms with van der Waals surface area (Å²) in [4.78, 5) is 4.72. The third-order valence-electron chi connectivity index (χ3n) is 3.65. The second kappa shape index (κ2) is 6.05. The number of aromatic nitrogens is 2. The van der Waals surface area contributed by atoms with Gasteiger partial charge in [-0.2, -0.15) is 0 Å². The molecule has 1 unspecified atom stereocenters. The van der Waals surface area contributed by atoms with Crippen molar-refractivity contribution >= 4 is 11.0 Å². The predicted molar refractivity (Wildman–Crippen MR) is 91.5 cm³/mol. The van der Waals surface area contributed by atoms with E-state index in [0.717, 1.165) is 22.6 Å². The molecule has 4 nitrogen and oxygen atoms in total. The molecule has 1 heterocycles. The zero-order valence-corrected chi connectivity index (χ0v) is 13.7. The molecule has 0 fully saturated rings. The van der Waals surface area contributed by atoms with Crippen molar-refractivity contribution in [2.45, 2.75) is 39.0 Å². The van der Waals surface area contributed by atoms with Crippen molar-refractivity contribution in [2.75, 3.05) is 0 Å². The van der Waals surface area contributed by atoms with Crippen LogP contribution in [0.2, 0.25) is 0 Å². The molecule has 120 valence electrons. The second-order valence-electron chi connectivity index (χ2n) is 6.43. The fraction of sp³-hybridized carbons (Fsp3) is 0.316. The van der Waals surface area contributed by atoms with Crippen LogP contribution in [-0.2, 0) is 6.54 Å². The van der Waals surface area contributed by atoms with Crippen molar-refractivity contribution in [3.63, 3.8) is 0 Å². The van der Waals surface area contributed by atoms with Crippen LogP contribution in [0.4, 0.5) is 0 Å². The van der Waals surface area contributed by atoms with E-state index in [-0.39, 0.29) is 6.10 Å². The molecule has 0 radical (unpaired) electrons. The van der Waals surface area contributed by atoms with E-state index in [1.807, 2.05) is 66.1 Å². The van der Waals surface area contributed by atoms with Crippen LogP contribution in [0, 0.1) is 0 Å². The molecule has 0 spiro atoms. The highest BCUT2D eigenvalue weighted by Crippen LogP contribution is 2.26. The highest BCUT2D eigenvalue weighted by Gasteiger charge is 2.22. The molecule has 0 bridgehead atoms. The first-order valence-corrected chi connectivity index (χ1v) is 7.83. The lowest BCUT2D eigenvalue weighted by atomic mass is 10.1. The van der Waals surface area contributed by atoms with E-state index in [9.17, 15) is 5.11 Å². The quantitative estimate of drug-likeness (QED) is 0.776. The van der Waals surface area contributed by atoms with Gasteiger partial charge in [0.2, 0.25) is 0 Å². The van der Waals surface area contributed by atoms with E-state index in [4.69, 9.17) is 9.72 Å². The summed E-state index contributed by atoms with van der Waals surface area (Å²) in [5.74, 6) is 1.62. The Balaban J connectivity index is 2.00. The van der Waals surface area contributed by atoms with Gasteiger partial charge in [-0.25, -0.2) is 4.98 Å². The predicted octanol–water partition coefficient (Wildman–Crippen LogP) is 3.95. The Morgan fingerprint density at radius 3 is 2.43 bits per heavy atom. The topological polar surface area (TPSA) is 47.3 Å². The van der Waals surface area contributed by atoms with Crippen molar-refractivity contribution in [1.29, 1.82) is 0 Å². The van der Waals surface area contributed by atoms with Gasteiger partial charge < -0.3 is 14.4 Å². The summed E-state index contributed by atoms with van der Waals surface area (Å²) < 4.78 is 8.06. The molecule has 0 saturated heterocycles. The number of nitrogens with zero attached hydrogens (tertiary/aromatic N) is 2. The Labute approximate surface area is 136 Å². The van der Waals surface area contributed by atoms with E-state index < -0.39 is 5.60 Å². The van der Waals surface area contributed by atoms with Gasteiger partial charge in [-0.1, -0.05) is 30.3 Å². The Morgan fingerprint density at radius 2 is 1.74 bits per heavy atom. The number of imidazole rings is 1. The van der Waals surface area contributed by atoms with Gasteiger partial charge in [0.25, 0.3) is 0 Å². The summed E-state index contributed by atoms with van der Waals surface area (Å²) in [7, 11) is 0. The minimum absolute atomic E-state index is 0.216. The fourth-order valence-electron chi connectivity index (χ4n) is 2.71. The zero-order valence-electron chi connectivity index (χ0n) is 13.7. The molecular formula is C19H22N2O2. The summed E-state index contributed by atoms with van der Waals surface area (Å²) in [6.07, 6.45) is -0.216. The number of aliphatic hydroxyl groups is 1. The SMILES string of the molecule is CC(Oc1ccccc1)c1nc2ccccc2n1CC(C)(C)O. The highest BCUT2D eigenvalue weighted by atomic mass is 16.5. The van der Waals surface area contributed by atoms with E-state index in [0.29, 0.717) is 6.54 Å². The van der Waals surface area contributed by atoms with Crippen LogP contribution in [0.1, 0.15) is 32.7 Å². The molecule has 0 amide bonds. The van der Waals surface area contributed by atoms with Gasteiger partial charge in [0.15, 0.2) is 11.9 Å². The smallest absolute Gasteiger partial charge is 0.153 e. The maximum absolute atomic E-state index is 10.3. The molecule has 3 aromatic rings. The zero-order chi connectivity index (χ0) is 16.4. The van der Waals surface area contributed by atoms with Crippen molar-refractivity contribution < 1.29 is 9.84 Å². The number of benzene rings is 2. The lowest BCUT2D eigenvalue weighted by molar-refractivity contribution is 0.0597. The first-order chi connectivity index (χ1) is 10.9. The second-order valence-corrected chi connectivity index (χ2v) is 6.43. The van der Waals surface area contributed by atoms with Gasteiger partial charge >= 0.3 is 0 Å². The Bertz CT molecular complexity index is 788. The highest BCUT2D eigenvalue weighted by molar-refractivity contribution is 5.76. The number of rotatable bonds is 5. The summed E-state index contributed by atoms with van der Waals surface area (Å²) in [6.45, 7) is 6.04. The molecular weight excluding hydrogens is 288 g/mol. The van der Waals surface area contributed by atoms with Gasteiger partial charge in [0.1, 0.15) is 5.75 Å². The molecule has 2 aromatic carbocycles. The number of para-hydroxylation sites is 3. The number of fused-ring (bicyclic) bond motifs is 1. The Hall–Kier alpha value is -2.33. The van der Waals surface area contributed by atoms with Gasteiger partial charge in [0.05, 0.1) is 23.2 Å². The average Bonchev–Trinajstić information content (AvgIpc) is 2.85. The van der Waals surface area contributed by atoms with Crippen LogP contribution in [0.3, 0.4) is 0 Å². The van der Waals surface area contributed by atoms with Gasteiger partial charge in [-0.05, 0) is 45.0 Å². The van der Waals surface area contributed by atoms with Crippen molar-refractivity contribution in [3.8, 4) is 5.75 Å². The summed E-state index contributed by atoms with van der Waals surface area (Å²) >= 11 is 0. The van der Waals surface area contributed by atoms with Gasteiger partial charge in [0, 0.05) is 0 Å². The molecule has 0 aliphatic heterocycles. The van der Waals surface area contributed by atoms with Crippen molar-refractivity contribution in [3.05, 3.63) is 60.4 Å². The van der Waals surface area contributed by atoms with E-state index in [1.165, 1.54) is 0 Å². The molecule has 23 heavy (non-hydrogen) atoms. The molecule has 4 heteroatoms. The molecule has 1 atom stereocenters. The normalized spacial score (nSPS) is 13.2. The van der Waals surface area contributed by atoms with Gasteiger partial charge in [-0.15, -0.1) is 0 Å². The minimum atomic E-state index is -0.829. The standard InChI is InChI=1S/C19H22N2O2/c1-14(23-15-9-5-4-6-10-15)18-20-16-11-7-8-12-17(16)21(18)13-19(2,3)22/h4-12,14,22H,13H2,1-3H3. The first-order valence-electron chi connectivity index (χ1n) is 7.83. The molecule has 3 rings (SSSR count). The number of ether oxygens (including phenoxy) is 1. The first kappa shape index (κ1) is 15.6. The van der Waals surface area contributed by atoms with Gasteiger partial charge in [-0.3, -0.25) is 0 Å². The van der Waals surface area contributed by atoms with E-state index in [1.54, 1.807) is 13.8 Å². The third kappa shape index (κ3) is 3.54. The maximum atomic E-state index is 10.3. The molecule has 0 saturated carbocycles. The van der Waals surface area contributed by atoms with Crippen LogP contribution in [0.25, 0.3) is 11.0 Å². The fourth-order valence-corrected chi connectivity index (χ4v) is 2.71. The molecule has 0 aliphatic carbocycles. The summed E-state index contributed by atoms with van der Waals surface area (Å²) in [5.41, 5.74) is 1.09. The van der Waals surface area contributed by atoms with Crippen molar-refractivity contribution in [2.24, 2.45) is 0 Å². The van der Waals surface area contributed by atoms with E-state index >= 15 is 0 Å². The lowest BCUT2D eigenvalue weighted by Crippen LogP contribution is -2.28. The molecule has 1 aromatic heterocycles. The Morgan fingerprint density at radius 1 is 1.09 bits per heavy atom. The lowest BCUT2D eigenvalue weighted by Gasteiger charge is -2.22. The van der Waals surface area contributed by atoms with Crippen LogP contribution in [0.5, 0.6) is 5.75 Å². The largest absolute Gasteiger partial charge is 0.483 e. The third-order valence-corrected chi connectivity index (χ3v) is 3.65. The number of hydrogen-bond donors (Lipinski definition) is 1. The number of hydrogen-bond acceptors (Lipinski definition) is 3. The van der Waals surface area contributed by atoms with Crippen LogP contribution < -0.4 is 4.74 Å². The van der Waals surface area contributed by atoms with E-state index in [2.05, 4.69) is 0 Å². The van der Waals surface area contributed by atoms with Crippen molar-refractivity contribution in [1.82, 2.24) is 9.55 Å². The van der Waals surface area contributed by atoms with Crippen LogP contribution in [0.15, 0.2) is 54.6 Å². The Kier molecular flexibility index (Phi) is 4.09. The average molecular weight is 310 g/mol. The van der Waals surface area contributed by atoms with Crippen LogP contribution in [-0.4, -0.2) is 20.3 Å². The van der Waals surface area contributed by atoms with Crippen LogP contribution >= 0.6 is 0 Å².